The van der Waals surface area contributed by atoms with Gasteiger partial charge in [0.2, 0.25) is 0 Å². The maximum atomic E-state index is 12.8. The molecule has 1 aromatic carbocycles. The van der Waals surface area contributed by atoms with Gasteiger partial charge >= 0.3 is 0 Å². The van der Waals surface area contributed by atoms with Crippen molar-refractivity contribution < 1.29 is 9.90 Å². The molecule has 3 N–H and O–H groups in total. The number of carbonyl (C=O) groups is 1. The van der Waals surface area contributed by atoms with Crippen LogP contribution in [0.3, 0.4) is 0 Å². The topological polar surface area (TPSA) is 105 Å². The van der Waals surface area contributed by atoms with Crippen molar-refractivity contribution in [2.24, 2.45) is 0 Å². The summed E-state index contributed by atoms with van der Waals surface area (Å²) in [5, 5.41) is 16.1. The quantitative estimate of drug-likeness (QED) is 0.543. The van der Waals surface area contributed by atoms with E-state index in [0.29, 0.717) is 23.8 Å². The van der Waals surface area contributed by atoms with Crippen molar-refractivity contribution in [2.75, 3.05) is 5.32 Å². The lowest BCUT2D eigenvalue weighted by atomic mass is 9.93. The molecule has 162 valence electrons. The van der Waals surface area contributed by atoms with E-state index >= 15 is 0 Å². The van der Waals surface area contributed by atoms with Crippen LogP contribution in [0.2, 0.25) is 0 Å². The molecule has 1 amide bonds. The first-order valence-electron chi connectivity index (χ1n) is 10.7. The van der Waals surface area contributed by atoms with Crippen LogP contribution in [0.5, 0.6) is 0 Å². The average Bonchev–Trinajstić information content (AvgIpc) is 3.28. The highest BCUT2D eigenvalue weighted by molar-refractivity contribution is 5.98. The molecule has 1 saturated carbocycles. The smallest absolute Gasteiger partial charge is 0.256 e. The molecule has 2 aromatic heterocycles. The van der Waals surface area contributed by atoms with Crippen molar-refractivity contribution in [1.29, 1.82) is 0 Å². The lowest BCUT2D eigenvalue weighted by molar-refractivity contribution is 0.0950. The van der Waals surface area contributed by atoms with Gasteiger partial charge in [-0.15, -0.1) is 0 Å². The minimum atomic E-state index is -0.223. The Hall–Kier alpha value is -3.26. The molecule has 0 atom stereocenters. The molecule has 1 aliphatic rings. The van der Waals surface area contributed by atoms with E-state index in [1.165, 1.54) is 5.56 Å². The molecule has 0 saturated heterocycles. The summed E-state index contributed by atoms with van der Waals surface area (Å²) in [6.45, 7) is 3.00. The average molecular weight is 421 g/mol. The number of benzene rings is 1. The molecule has 0 unspecified atom stereocenters. The Morgan fingerprint density at radius 2 is 1.90 bits per heavy atom. The number of hydrogen-bond donors (Lipinski definition) is 3. The summed E-state index contributed by atoms with van der Waals surface area (Å²) in [6.07, 6.45) is 10.1. The highest BCUT2D eigenvalue weighted by Crippen LogP contribution is 2.23. The third kappa shape index (κ3) is 5.67. The standard InChI is InChI=1S/C23H28N6O2/c1-16-25-13-21(22(27-16)28-19-6-8-20(30)9-7-19)23(31)26-12-17-2-4-18(5-3-17)14-29-11-10-24-15-29/h2-5,10-11,13,15,19-20,30H,6-9,12,14H2,1H3,(H,26,31)(H,25,27,28)/t19-,20-. The fourth-order valence-corrected chi connectivity index (χ4v) is 3.79. The number of aliphatic hydroxyl groups is 1. The van der Waals surface area contributed by atoms with E-state index in [-0.39, 0.29) is 18.1 Å². The molecular weight excluding hydrogens is 392 g/mol. The van der Waals surface area contributed by atoms with Crippen LogP contribution in [0.4, 0.5) is 5.82 Å². The Morgan fingerprint density at radius 1 is 1.16 bits per heavy atom. The molecule has 1 fully saturated rings. The molecule has 0 aliphatic heterocycles. The fraction of sp³-hybridized carbons (Fsp3) is 0.391. The second-order valence-corrected chi connectivity index (χ2v) is 8.06. The summed E-state index contributed by atoms with van der Waals surface area (Å²) < 4.78 is 2.01. The van der Waals surface area contributed by atoms with Crippen LogP contribution in [-0.4, -0.2) is 42.7 Å². The number of aryl methyl sites for hydroxylation is 1. The fourth-order valence-electron chi connectivity index (χ4n) is 3.79. The first-order valence-corrected chi connectivity index (χ1v) is 10.7. The van der Waals surface area contributed by atoms with Crippen LogP contribution in [-0.2, 0) is 13.1 Å². The Morgan fingerprint density at radius 3 is 2.61 bits per heavy atom. The molecule has 0 spiro atoms. The zero-order valence-electron chi connectivity index (χ0n) is 17.7. The van der Waals surface area contributed by atoms with Crippen molar-refractivity contribution in [3.05, 3.63) is 71.7 Å². The molecule has 2 heterocycles. The van der Waals surface area contributed by atoms with Crippen LogP contribution in [0.1, 0.15) is 53.0 Å². The molecule has 31 heavy (non-hydrogen) atoms. The minimum Gasteiger partial charge on any atom is -0.393 e. The monoisotopic (exact) mass is 420 g/mol. The van der Waals surface area contributed by atoms with E-state index in [1.54, 1.807) is 18.7 Å². The summed E-state index contributed by atoms with van der Waals surface area (Å²) in [4.78, 5) is 25.6. The second kappa shape index (κ2) is 9.70. The van der Waals surface area contributed by atoms with E-state index in [9.17, 15) is 9.90 Å². The van der Waals surface area contributed by atoms with Crippen LogP contribution < -0.4 is 10.6 Å². The van der Waals surface area contributed by atoms with Crippen molar-refractivity contribution >= 4 is 11.7 Å². The number of imidazole rings is 1. The summed E-state index contributed by atoms with van der Waals surface area (Å²) in [5.74, 6) is 0.964. The molecule has 8 nitrogen and oxygen atoms in total. The molecule has 8 heteroatoms. The maximum absolute atomic E-state index is 12.8. The van der Waals surface area contributed by atoms with E-state index in [0.717, 1.165) is 37.8 Å². The van der Waals surface area contributed by atoms with Gasteiger partial charge in [0.1, 0.15) is 17.2 Å². The normalized spacial score (nSPS) is 18.5. The Bertz CT molecular complexity index is 995. The van der Waals surface area contributed by atoms with Gasteiger partial charge in [0.25, 0.3) is 5.91 Å². The van der Waals surface area contributed by atoms with Gasteiger partial charge in [-0.2, -0.15) is 0 Å². The molecule has 1 aliphatic carbocycles. The van der Waals surface area contributed by atoms with Gasteiger partial charge in [0.15, 0.2) is 0 Å². The summed E-state index contributed by atoms with van der Waals surface area (Å²) in [5.41, 5.74) is 2.63. The number of aromatic nitrogens is 4. The third-order valence-corrected chi connectivity index (χ3v) is 5.59. The number of nitrogens with zero attached hydrogens (tertiary/aromatic N) is 4. The lowest BCUT2D eigenvalue weighted by Gasteiger charge is -2.27. The Kier molecular flexibility index (Phi) is 6.57. The number of anilines is 1. The Balaban J connectivity index is 1.37. The minimum absolute atomic E-state index is 0.201. The van der Waals surface area contributed by atoms with Crippen molar-refractivity contribution in [1.82, 2.24) is 24.8 Å². The number of aliphatic hydroxyl groups excluding tert-OH is 1. The molecular formula is C23H28N6O2. The number of rotatable bonds is 7. The molecule has 0 bridgehead atoms. The van der Waals surface area contributed by atoms with E-state index in [1.807, 2.05) is 29.8 Å². The summed E-state index contributed by atoms with van der Waals surface area (Å²) >= 11 is 0. The van der Waals surface area contributed by atoms with Crippen LogP contribution in [0, 0.1) is 6.92 Å². The summed E-state index contributed by atoms with van der Waals surface area (Å²) in [6, 6.07) is 8.35. The highest BCUT2D eigenvalue weighted by atomic mass is 16.3. The van der Waals surface area contributed by atoms with Crippen molar-refractivity contribution in [2.45, 2.75) is 57.8 Å². The van der Waals surface area contributed by atoms with Gasteiger partial charge in [-0.25, -0.2) is 15.0 Å². The van der Waals surface area contributed by atoms with Crippen molar-refractivity contribution in [3.63, 3.8) is 0 Å². The molecule has 0 radical (unpaired) electrons. The van der Waals surface area contributed by atoms with Crippen LogP contribution in [0.15, 0.2) is 49.2 Å². The lowest BCUT2D eigenvalue weighted by Crippen LogP contribution is -2.31. The van der Waals surface area contributed by atoms with Crippen molar-refractivity contribution in [3.8, 4) is 0 Å². The van der Waals surface area contributed by atoms with Crippen LogP contribution in [0.25, 0.3) is 0 Å². The zero-order chi connectivity index (χ0) is 21.6. The first-order chi connectivity index (χ1) is 15.1. The van der Waals surface area contributed by atoms with Gasteiger partial charge < -0.3 is 20.3 Å². The van der Waals surface area contributed by atoms with Gasteiger partial charge in [0, 0.05) is 37.7 Å². The molecule has 3 aromatic rings. The zero-order valence-corrected chi connectivity index (χ0v) is 17.7. The number of carbonyl (C=O) groups excluding carboxylic acids is 1. The number of nitrogens with one attached hydrogen (secondary N) is 2. The maximum Gasteiger partial charge on any atom is 0.256 e. The van der Waals surface area contributed by atoms with Crippen LogP contribution >= 0.6 is 0 Å². The van der Waals surface area contributed by atoms with E-state index in [4.69, 9.17) is 0 Å². The number of hydrogen-bond acceptors (Lipinski definition) is 6. The summed E-state index contributed by atoms with van der Waals surface area (Å²) in [7, 11) is 0. The predicted molar refractivity (Wildman–Crippen MR) is 118 cm³/mol. The SMILES string of the molecule is Cc1ncc(C(=O)NCc2ccc(Cn3ccnc3)cc2)c(N[C@H]2CC[C@H](O)CC2)n1. The Labute approximate surface area is 181 Å². The molecule has 4 rings (SSSR count). The van der Waals surface area contributed by atoms with E-state index in [2.05, 4.69) is 37.7 Å². The predicted octanol–water partition coefficient (Wildman–Crippen LogP) is 2.68. The van der Waals surface area contributed by atoms with Gasteiger partial charge in [0.05, 0.1) is 12.4 Å². The van der Waals surface area contributed by atoms with Gasteiger partial charge in [-0.3, -0.25) is 4.79 Å². The van der Waals surface area contributed by atoms with E-state index < -0.39 is 0 Å². The van der Waals surface area contributed by atoms with Gasteiger partial charge in [-0.1, -0.05) is 24.3 Å². The first kappa shape index (κ1) is 21.0. The second-order valence-electron chi connectivity index (χ2n) is 8.06. The number of amides is 1. The third-order valence-electron chi connectivity index (χ3n) is 5.59. The highest BCUT2D eigenvalue weighted by Gasteiger charge is 2.22. The largest absolute Gasteiger partial charge is 0.393 e. The van der Waals surface area contributed by atoms with Gasteiger partial charge in [-0.05, 0) is 43.7 Å².